The van der Waals surface area contributed by atoms with E-state index >= 15 is 0 Å². The molecule has 0 N–H and O–H groups in total. The first-order valence-corrected chi connectivity index (χ1v) is 15.1. The SMILES string of the molecule is CC(C)N1CCC[C@H]1CN1CCC[C@H](Cn2c(CN(C)C3CCCc4cccnc43)nc3ccccc32)C1. The molecule has 6 nitrogen and oxygen atoms in total. The molecule has 38 heavy (non-hydrogen) atoms. The zero-order chi connectivity index (χ0) is 26.1. The molecule has 0 radical (unpaired) electrons. The van der Waals surface area contributed by atoms with E-state index in [-0.39, 0.29) is 0 Å². The number of rotatable bonds is 8. The molecule has 0 spiro atoms. The van der Waals surface area contributed by atoms with Crippen LogP contribution in [-0.2, 0) is 19.5 Å². The van der Waals surface area contributed by atoms with Crippen molar-refractivity contribution < 1.29 is 0 Å². The minimum absolute atomic E-state index is 0.369. The lowest BCUT2D eigenvalue weighted by Gasteiger charge is -2.38. The van der Waals surface area contributed by atoms with Crippen molar-refractivity contribution in [2.75, 3.05) is 33.2 Å². The van der Waals surface area contributed by atoms with Gasteiger partial charge in [-0.15, -0.1) is 0 Å². The summed E-state index contributed by atoms with van der Waals surface area (Å²) in [6.45, 7) is 11.6. The predicted octanol–water partition coefficient (Wildman–Crippen LogP) is 5.53. The third-order valence-electron chi connectivity index (χ3n) is 9.42. The number of fused-ring (bicyclic) bond motifs is 2. The smallest absolute Gasteiger partial charge is 0.124 e. The zero-order valence-electron chi connectivity index (χ0n) is 23.7. The van der Waals surface area contributed by atoms with E-state index in [1.54, 1.807) is 0 Å². The van der Waals surface area contributed by atoms with Gasteiger partial charge in [-0.2, -0.15) is 0 Å². The maximum Gasteiger partial charge on any atom is 0.124 e. The van der Waals surface area contributed by atoms with Crippen LogP contribution in [0.1, 0.15) is 75.5 Å². The summed E-state index contributed by atoms with van der Waals surface area (Å²) in [5.74, 6) is 1.88. The quantitative estimate of drug-likeness (QED) is 0.396. The van der Waals surface area contributed by atoms with Gasteiger partial charge in [-0.3, -0.25) is 14.8 Å². The molecule has 0 saturated carbocycles. The van der Waals surface area contributed by atoms with Gasteiger partial charge in [0, 0.05) is 37.9 Å². The van der Waals surface area contributed by atoms with Crippen LogP contribution in [0, 0.1) is 5.92 Å². The van der Waals surface area contributed by atoms with Crippen molar-refractivity contribution in [2.45, 2.75) is 90.0 Å². The van der Waals surface area contributed by atoms with Gasteiger partial charge in [-0.1, -0.05) is 18.2 Å². The van der Waals surface area contributed by atoms with Crippen molar-refractivity contribution >= 4 is 11.0 Å². The molecule has 3 aromatic rings. The molecule has 6 rings (SSSR count). The summed E-state index contributed by atoms with van der Waals surface area (Å²) in [5.41, 5.74) is 5.11. The molecule has 6 heteroatoms. The Balaban J connectivity index is 1.19. The van der Waals surface area contributed by atoms with E-state index in [1.165, 1.54) is 87.3 Å². The lowest BCUT2D eigenvalue weighted by atomic mass is 9.91. The minimum Gasteiger partial charge on any atom is -0.327 e. The van der Waals surface area contributed by atoms with Gasteiger partial charge >= 0.3 is 0 Å². The van der Waals surface area contributed by atoms with Gasteiger partial charge in [-0.05, 0) is 109 Å². The van der Waals surface area contributed by atoms with E-state index in [0.717, 1.165) is 31.1 Å². The lowest BCUT2D eigenvalue weighted by molar-refractivity contribution is 0.106. The number of aromatic nitrogens is 3. The van der Waals surface area contributed by atoms with Crippen LogP contribution < -0.4 is 0 Å². The highest BCUT2D eigenvalue weighted by atomic mass is 15.3. The average molecular weight is 515 g/mol. The molecule has 2 fully saturated rings. The van der Waals surface area contributed by atoms with Crippen molar-refractivity contribution in [3.63, 3.8) is 0 Å². The molecule has 0 bridgehead atoms. The van der Waals surface area contributed by atoms with E-state index in [4.69, 9.17) is 9.97 Å². The largest absolute Gasteiger partial charge is 0.327 e. The van der Waals surface area contributed by atoms with Crippen LogP contribution in [0.3, 0.4) is 0 Å². The van der Waals surface area contributed by atoms with E-state index in [1.807, 2.05) is 6.20 Å². The molecule has 2 aromatic heterocycles. The molecule has 0 amide bonds. The van der Waals surface area contributed by atoms with Gasteiger partial charge in [0.15, 0.2) is 0 Å². The van der Waals surface area contributed by atoms with Gasteiger partial charge in [0.1, 0.15) is 5.82 Å². The summed E-state index contributed by atoms with van der Waals surface area (Å²) in [4.78, 5) is 18.0. The second-order valence-corrected chi connectivity index (χ2v) is 12.4. The Hall–Kier alpha value is -2.28. The fraction of sp³-hybridized carbons (Fsp3) is 0.625. The lowest BCUT2D eigenvalue weighted by Crippen LogP contribution is -2.46. The summed E-state index contributed by atoms with van der Waals surface area (Å²) in [5, 5.41) is 0. The number of para-hydroxylation sites is 2. The third kappa shape index (κ3) is 5.41. The summed E-state index contributed by atoms with van der Waals surface area (Å²) < 4.78 is 2.55. The van der Waals surface area contributed by atoms with Gasteiger partial charge in [0.25, 0.3) is 0 Å². The summed E-state index contributed by atoms with van der Waals surface area (Å²) in [6.07, 6.45) is 10.9. The van der Waals surface area contributed by atoms with Gasteiger partial charge in [0.2, 0.25) is 0 Å². The number of nitrogens with zero attached hydrogens (tertiary/aromatic N) is 6. The molecular weight excluding hydrogens is 468 g/mol. The molecule has 3 aliphatic rings. The van der Waals surface area contributed by atoms with Crippen LogP contribution >= 0.6 is 0 Å². The van der Waals surface area contributed by atoms with Crippen LogP contribution in [0.15, 0.2) is 42.6 Å². The Bertz CT molecular complexity index is 1220. The van der Waals surface area contributed by atoms with E-state index in [2.05, 4.69) is 76.6 Å². The van der Waals surface area contributed by atoms with E-state index < -0.39 is 0 Å². The van der Waals surface area contributed by atoms with Crippen molar-refractivity contribution in [1.29, 1.82) is 0 Å². The molecule has 1 aliphatic carbocycles. The normalized spacial score (nSPS) is 25.0. The number of pyridine rings is 1. The predicted molar refractivity (Wildman–Crippen MR) is 155 cm³/mol. The average Bonchev–Trinajstić information content (AvgIpc) is 3.53. The van der Waals surface area contributed by atoms with Crippen molar-refractivity contribution in [2.24, 2.45) is 5.92 Å². The topological polar surface area (TPSA) is 40.4 Å². The Morgan fingerprint density at radius 2 is 1.84 bits per heavy atom. The number of piperidine rings is 1. The number of hydrogen-bond acceptors (Lipinski definition) is 5. The second-order valence-electron chi connectivity index (χ2n) is 12.4. The third-order valence-corrected chi connectivity index (χ3v) is 9.42. The Morgan fingerprint density at radius 3 is 2.74 bits per heavy atom. The highest BCUT2D eigenvalue weighted by molar-refractivity contribution is 5.75. The maximum atomic E-state index is 5.18. The molecule has 1 unspecified atom stereocenters. The fourth-order valence-corrected chi connectivity index (χ4v) is 7.55. The molecule has 4 heterocycles. The highest BCUT2D eigenvalue weighted by Crippen LogP contribution is 2.33. The Labute approximate surface area is 229 Å². The van der Waals surface area contributed by atoms with Crippen LogP contribution in [0.4, 0.5) is 0 Å². The standard InChI is InChI=1S/C32H46N6/c1-24(2)37-19-9-13-27(37)22-36-18-8-10-25(20-36)21-38-29-15-5-4-14-28(29)34-31(38)23-35(3)30-16-6-11-26-12-7-17-33-32(26)30/h4-5,7,12,14-15,17,24-25,27,30H,6,8-11,13,16,18-23H2,1-3H3/t25-,27-,30?/m0/s1. The van der Waals surface area contributed by atoms with Gasteiger partial charge in [0.05, 0.1) is 29.3 Å². The van der Waals surface area contributed by atoms with Gasteiger partial charge in [-0.25, -0.2) is 4.98 Å². The monoisotopic (exact) mass is 514 g/mol. The highest BCUT2D eigenvalue weighted by Gasteiger charge is 2.31. The number of aryl methyl sites for hydroxylation is 1. The molecule has 204 valence electrons. The van der Waals surface area contributed by atoms with E-state index in [9.17, 15) is 0 Å². The van der Waals surface area contributed by atoms with Crippen LogP contribution in [0.25, 0.3) is 11.0 Å². The molecule has 2 saturated heterocycles. The van der Waals surface area contributed by atoms with Crippen molar-refractivity contribution in [3.8, 4) is 0 Å². The fourth-order valence-electron chi connectivity index (χ4n) is 7.55. The maximum absolute atomic E-state index is 5.18. The summed E-state index contributed by atoms with van der Waals surface area (Å²) in [6, 6.07) is 14.9. The molecule has 1 aromatic carbocycles. The molecule has 3 atom stereocenters. The first kappa shape index (κ1) is 26.0. The molecule has 2 aliphatic heterocycles. The Morgan fingerprint density at radius 1 is 0.974 bits per heavy atom. The Kier molecular flexibility index (Phi) is 7.82. The zero-order valence-corrected chi connectivity index (χ0v) is 23.7. The van der Waals surface area contributed by atoms with Crippen LogP contribution in [0.5, 0.6) is 0 Å². The first-order chi connectivity index (χ1) is 18.6. The minimum atomic E-state index is 0.369. The van der Waals surface area contributed by atoms with E-state index in [0.29, 0.717) is 18.0 Å². The van der Waals surface area contributed by atoms with Crippen molar-refractivity contribution in [3.05, 3.63) is 59.7 Å². The number of imidazole rings is 1. The molecular formula is C32H46N6. The summed E-state index contributed by atoms with van der Waals surface area (Å²) >= 11 is 0. The summed E-state index contributed by atoms with van der Waals surface area (Å²) in [7, 11) is 2.27. The number of hydrogen-bond donors (Lipinski definition) is 0. The van der Waals surface area contributed by atoms with Crippen molar-refractivity contribution in [1.82, 2.24) is 29.2 Å². The van der Waals surface area contributed by atoms with Gasteiger partial charge < -0.3 is 9.47 Å². The van der Waals surface area contributed by atoms with Crippen LogP contribution in [-0.4, -0.2) is 74.5 Å². The second kappa shape index (κ2) is 11.4. The number of likely N-dealkylation sites (tertiary alicyclic amines) is 2. The first-order valence-electron chi connectivity index (χ1n) is 15.1. The number of benzene rings is 1. The van der Waals surface area contributed by atoms with Crippen LogP contribution in [0.2, 0.25) is 0 Å².